The number of fused-ring (bicyclic) bond motifs is 1. The second-order valence-electron chi connectivity index (χ2n) is 7.92. The van der Waals surface area contributed by atoms with Crippen molar-refractivity contribution in [1.82, 2.24) is 24.9 Å². The molecular formula is C21H26FN5O2. The van der Waals surface area contributed by atoms with Crippen LogP contribution in [0.3, 0.4) is 0 Å². The van der Waals surface area contributed by atoms with E-state index in [0.29, 0.717) is 26.2 Å². The van der Waals surface area contributed by atoms with Crippen molar-refractivity contribution in [3.05, 3.63) is 48.0 Å². The summed E-state index contributed by atoms with van der Waals surface area (Å²) in [5.41, 5.74) is 1.79. The summed E-state index contributed by atoms with van der Waals surface area (Å²) >= 11 is 0. The fraction of sp³-hybridized carbons (Fsp3) is 0.476. The lowest BCUT2D eigenvalue weighted by atomic mass is 9.93. The average Bonchev–Trinajstić information content (AvgIpc) is 3.19. The number of rotatable bonds is 5. The third kappa shape index (κ3) is 3.89. The fourth-order valence-electron chi connectivity index (χ4n) is 4.02. The molecule has 2 aliphatic rings. The largest absolute Gasteiger partial charge is 0.342 e. The van der Waals surface area contributed by atoms with Crippen molar-refractivity contribution >= 4 is 11.8 Å². The van der Waals surface area contributed by atoms with Gasteiger partial charge in [-0.15, -0.1) is 0 Å². The maximum absolute atomic E-state index is 13.1. The predicted octanol–water partition coefficient (Wildman–Crippen LogP) is 1.57. The molecule has 2 fully saturated rings. The molecule has 0 saturated carbocycles. The number of aromatic nitrogens is 2. The first-order chi connectivity index (χ1) is 14.0. The van der Waals surface area contributed by atoms with Gasteiger partial charge < -0.3 is 10.2 Å². The Morgan fingerprint density at radius 2 is 2.00 bits per heavy atom. The minimum atomic E-state index is -0.441. The standard InChI is InChI=1S/C21H26FN5O2/c1-3-14(2)19-21(29)26-9-8-25(13-18(26)20(28)24-19)11-15-10-23-27(12-15)17-6-4-16(22)5-7-17/h4-7,10,12,14,18-19H,3,8-9,11,13H2,1-2H3,(H,24,28)/t14-,18+,19-/m0/s1. The second kappa shape index (κ2) is 7.94. The van der Waals surface area contributed by atoms with Crippen molar-refractivity contribution < 1.29 is 14.0 Å². The predicted molar refractivity (Wildman–Crippen MR) is 106 cm³/mol. The zero-order valence-corrected chi connectivity index (χ0v) is 16.7. The molecule has 7 nitrogen and oxygen atoms in total. The Balaban J connectivity index is 1.41. The van der Waals surface area contributed by atoms with Crippen molar-refractivity contribution in [1.29, 1.82) is 0 Å². The zero-order chi connectivity index (χ0) is 20.5. The molecule has 2 amide bonds. The monoisotopic (exact) mass is 399 g/mol. The summed E-state index contributed by atoms with van der Waals surface area (Å²) in [6, 6.07) is 5.31. The smallest absolute Gasteiger partial charge is 0.246 e. The number of hydrogen-bond acceptors (Lipinski definition) is 4. The quantitative estimate of drug-likeness (QED) is 0.829. The molecule has 1 N–H and O–H groups in total. The van der Waals surface area contributed by atoms with Gasteiger partial charge in [-0.3, -0.25) is 14.5 Å². The second-order valence-corrected chi connectivity index (χ2v) is 7.92. The lowest BCUT2D eigenvalue weighted by Gasteiger charge is -2.46. The first kappa shape index (κ1) is 19.6. The Kier molecular flexibility index (Phi) is 5.36. The molecule has 1 aromatic heterocycles. The fourth-order valence-corrected chi connectivity index (χ4v) is 4.02. The molecule has 0 spiro atoms. The van der Waals surface area contributed by atoms with E-state index in [0.717, 1.165) is 17.7 Å². The van der Waals surface area contributed by atoms with Gasteiger partial charge in [0.1, 0.15) is 17.9 Å². The summed E-state index contributed by atoms with van der Waals surface area (Å²) in [6.07, 6.45) is 4.53. The number of carbonyl (C=O) groups is 2. The van der Waals surface area contributed by atoms with Crippen LogP contribution in [0.4, 0.5) is 4.39 Å². The van der Waals surface area contributed by atoms with E-state index in [1.54, 1.807) is 27.9 Å². The Hall–Kier alpha value is -2.74. The molecule has 2 aliphatic heterocycles. The number of benzene rings is 1. The summed E-state index contributed by atoms with van der Waals surface area (Å²) in [5.74, 6) is -0.188. The number of nitrogens with zero attached hydrogens (tertiary/aromatic N) is 4. The molecule has 3 heterocycles. The van der Waals surface area contributed by atoms with Crippen molar-refractivity contribution in [2.45, 2.75) is 38.9 Å². The van der Waals surface area contributed by atoms with E-state index in [2.05, 4.69) is 15.3 Å². The minimum absolute atomic E-state index is 0.0349. The van der Waals surface area contributed by atoms with E-state index < -0.39 is 12.1 Å². The maximum atomic E-state index is 13.1. The van der Waals surface area contributed by atoms with Crippen molar-refractivity contribution in [3.8, 4) is 5.69 Å². The molecule has 0 aliphatic carbocycles. The van der Waals surface area contributed by atoms with Crippen LogP contribution in [0.25, 0.3) is 5.69 Å². The summed E-state index contributed by atoms with van der Waals surface area (Å²) in [4.78, 5) is 29.4. The molecule has 29 heavy (non-hydrogen) atoms. The molecule has 0 radical (unpaired) electrons. The van der Waals surface area contributed by atoms with Gasteiger partial charge in [0.2, 0.25) is 11.8 Å². The highest BCUT2D eigenvalue weighted by atomic mass is 19.1. The van der Waals surface area contributed by atoms with Crippen LogP contribution in [-0.2, 0) is 16.1 Å². The van der Waals surface area contributed by atoms with Crippen LogP contribution in [-0.4, -0.2) is 63.1 Å². The summed E-state index contributed by atoms with van der Waals surface area (Å²) in [7, 11) is 0. The van der Waals surface area contributed by atoms with Gasteiger partial charge in [0.25, 0.3) is 0 Å². The molecule has 2 aromatic rings. The van der Waals surface area contributed by atoms with Crippen molar-refractivity contribution in [2.75, 3.05) is 19.6 Å². The summed E-state index contributed by atoms with van der Waals surface area (Å²) in [5, 5.41) is 7.28. The molecule has 2 saturated heterocycles. The number of nitrogens with one attached hydrogen (secondary N) is 1. The van der Waals surface area contributed by atoms with Crippen LogP contribution in [0, 0.1) is 11.7 Å². The number of hydrogen-bond donors (Lipinski definition) is 1. The summed E-state index contributed by atoms with van der Waals surface area (Å²) < 4.78 is 14.8. The Bertz CT molecular complexity index is 897. The summed E-state index contributed by atoms with van der Waals surface area (Å²) in [6.45, 7) is 6.44. The Labute approximate surface area is 169 Å². The SMILES string of the molecule is CC[C@H](C)[C@@H]1NC(=O)[C@H]2CN(Cc3cnn(-c4ccc(F)cc4)c3)CCN2C1=O. The minimum Gasteiger partial charge on any atom is -0.342 e. The molecule has 4 rings (SSSR count). The van der Waals surface area contributed by atoms with Gasteiger partial charge >= 0.3 is 0 Å². The number of carbonyl (C=O) groups excluding carboxylic acids is 2. The van der Waals surface area contributed by atoms with Gasteiger partial charge in [-0.25, -0.2) is 9.07 Å². The van der Waals surface area contributed by atoms with Gasteiger partial charge in [0, 0.05) is 37.9 Å². The number of halogens is 1. The van der Waals surface area contributed by atoms with Crippen molar-refractivity contribution in [3.63, 3.8) is 0 Å². The molecular weight excluding hydrogens is 373 g/mol. The normalized spacial score (nSPS) is 23.6. The molecule has 3 atom stereocenters. The molecule has 1 aromatic carbocycles. The van der Waals surface area contributed by atoms with E-state index in [-0.39, 0.29) is 23.5 Å². The number of piperazine rings is 2. The highest BCUT2D eigenvalue weighted by molar-refractivity contribution is 5.97. The third-order valence-electron chi connectivity index (χ3n) is 5.96. The average molecular weight is 399 g/mol. The van der Waals surface area contributed by atoms with Crippen LogP contribution in [0.2, 0.25) is 0 Å². The lowest BCUT2D eigenvalue weighted by Crippen LogP contribution is -2.70. The first-order valence-corrected chi connectivity index (χ1v) is 10.1. The first-order valence-electron chi connectivity index (χ1n) is 10.1. The number of amides is 2. The molecule has 8 heteroatoms. The van der Waals surface area contributed by atoms with Gasteiger partial charge in [0.15, 0.2) is 0 Å². The van der Waals surface area contributed by atoms with Crippen LogP contribution < -0.4 is 5.32 Å². The maximum Gasteiger partial charge on any atom is 0.246 e. The van der Waals surface area contributed by atoms with E-state index in [1.807, 2.05) is 20.0 Å². The van der Waals surface area contributed by atoms with Gasteiger partial charge in [-0.2, -0.15) is 5.10 Å². The third-order valence-corrected chi connectivity index (χ3v) is 5.96. The van der Waals surface area contributed by atoms with Gasteiger partial charge in [-0.1, -0.05) is 20.3 Å². The van der Waals surface area contributed by atoms with E-state index in [4.69, 9.17) is 0 Å². The topological polar surface area (TPSA) is 70.5 Å². The van der Waals surface area contributed by atoms with Crippen LogP contribution in [0.1, 0.15) is 25.8 Å². The van der Waals surface area contributed by atoms with E-state index in [1.165, 1.54) is 12.1 Å². The Morgan fingerprint density at radius 3 is 2.72 bits per heavy atom. The van der Waals surface area contributed by atoms with Gasteiger partial charge in [0.05, 0.1) is 11.9 Å². The van der Waals surface area contributed by atoms with Crippen LogP contribution >= 0.6 is 0 Å². The molecule has 0 bridgehead atoms. The zero-order valence-electron chi connectivity index (χ0n) is 16.7. The van der Waals surface area contributed by atoms with Crippen LogP contribution in [0.15, 0.2) is 36.7 Å². The highest BCUT2D eigenvalue weighted by Crippen LogP contribution is 2.22. The lowest BCUT2D eigenvalue weighted by molar-refractivity contribution is -0.154. The van der Waals surface area contributed by atoms with Gasteiger partial charge in [-0.05, 0) is 30.2 Å². The Morgan fingerprint density at radius 1 is 1.24 bits per heavy atom. The van der Waals surface area contributed by atoms with E-state index in [9.17, 15) is 14.0 Å². The van der Waals surface area contributed by atoms with Crippen molar-refractivity contribution in [2.24, 2.45) is 5.92 Å². The highest BCUT2D eigenvalue weighted by Gasteiger charge is 2.44. The van der Waals surface area contributed by atoms with E-state index >= 15 is 0 Å². The van der Waals surface area contributed by atoms with Crippen LogP contribution in [0.5, 0.6) is 0 Å². The molecule has 154 valence electrons. The molecule has 0 unspecified atom stereocenters.